The van der Waals surface area contributed by atoms with Crippen molar-refractivity contribution in [3.63, 3.8) is 0 Å². The first-order valence-corrected chi connectivity index (χ1v) is 8.17. The minimum absolute atomic E-state index is 0.159. The van der Waals surface area contributed by atoms with Crippen molar-refractivity contribution in [3.05, 3.63) is 0 Å². The number of piperidine rings is 1. The molecule has 1 aliphatic heterocycles. The van der Waals surface area contributed by atoms with E-state index >= 15 is 0 Å². The molecule has 4 nitrogen and oxygen atoms in total. The van der Waals surface area contributed by atoms with Gasteiger partial charge in [0.1, 0.15) is 0 Å². The summed E-state index contributed by atoms with van der Waals surface area (Å²) < 4.78 is 0. The van der Waals surface area contributed by atoms with E-state index in [-0.39, 0.29) is 11.8 Å². The number of nitrogens with zero attached hydrogens (tertiary/aromatic N) is 1. The highest BCUT2D eigenvalue weighted by Gasteiger charge is 2.27. The topological polar surface area (TPSA) is 57.6 Å². The maximum absolute atomic E-state index is 12.1. The Morgan fingerprint density at radius 2 is 1.80 bits per heavy atom. The van der Waals surface area contributed by atoms with E-state index < -0.39 is 5.97 Å². The zero-order chi connectivity index (χ0) is 14.4. The van der Waals surface area contributed by atoms with Gasteiger partial charge in [-0.1, -0.05) is 32.1 Å². The lowest BCUT2D eigenvalue weighted by molar-refractivity contribution is -0.145. The fourth-order valence-electron chi connectivity index (χ4n) is 3.58. The maximum Gasteiger partial charge on any atom is 0.308 e. The maximum atomic E-state index is 12.1. The van der Waals surface area contributed by atoms with Crippen LogP contribution in [0.1, 0.15) is 64.2 Å². The summed E-state index contributed by atoms with van der Waals surface area (Å²) in [5.74, 6) is -0.132. The molecule has 1 N–H and O–H groups in total. The van der Waals surface area contributed by atoms with Crippen LogP contribution >= 0.6 is 0 Å². The van der Waals surface area contributed by atoms with E-state index in [0.717, 1.165) is 25.3 Å². The van der Waals surface area contributed by atoms with Gasteiger partial charge in [-0.3, -0.25) is 9.59 Å². The van der Waals surface area contributed by atoms with Crippen molar-refractivity contribution in [1.82, 2.24) is 4.90 Å². The molecule has 0 aromatic heterocycles. The normalized spacial score (nSPS) is 24.6. The quantitative estimate of drug-likeness (QED) is 0.842. The van der Waals surface area contributed by atoms with E-state index in [4.69, 9.17) is 5.11 Å². The third kappa shape index (κ3) is 4.50. The van der Waals surface area contributed by atoms with Crippen LogP contribution in [-0.2, 0) is 9.59 Å². The molecule has 1 aliphatic carbocycles. The molecule has 0 aromatic carbocycles. The molecular formula is C16H27NO3. The predicted octanol–water partition coefficient (Wildman–Crippen LogP) is 3.06. The Hall–Kier alpha value is -1.06. The number of carbonyl (C=O) groups excluding carboxylic acids is 1. The van der Waals surface area contributed by atoms with Crippen LogP contribution in [-0.4, -0.2) is 35.0 Å². The second kappa shape index (κ2) is 7.65. The molecule has 0 aromatic rings. The number of hydrogen-bond donors (Lipinski definition) is 1. The number of carboxylic acids is 1. The molecule has 1 saturated heterocycles. The average Bonchev–Trinajstić information content (AvgIpc) is 2.48. The van der Waals surface area contributed by atoms with Crippen molar-refractivity contribution in [2.24, 2.45) is 11.8 Å². The predicted molar refractivity (Wildman–Crippen MR) is 77.4 cm³/mol. The zero-order valence-electron chi connectivity index (χ0n) is 12.4. The average molecular weight is 281 g/mol. The molecule has 114 valence electrons. The zero-order valence-corrected chi connectivity index (χ0v) is 12.4. The largest absolute Gasteiger partial charge is 0.481 e. The Bertz CT molecular complexity index is 337. The van der Waals surface area contributed by atoms with Gasteiger partial charge in [0.2, 0.25) is 5.91 Å². The van der Waals surface area contributed by atoms with Crippen LogP contribution in [0, 0.1) is 11.8 Å². The molecule has 1 amide bonds. The molecule has 4 heteroatoms. The van der Waals surface area contributed by atoms with Crippen molar-refractivity contribution in [1.29, 1.82) is 0 Å². The molecule has 1 saturated carbocycles. The fourth-order valence-corrected chi connectivity index (χ4v) is 3.58. The van der Waals surface area contributed by atoms with Gasteiger partial charge in [0.05, 0.1) is 5.92 Å². The van der Waals surface area contributed by atoms with E-state index in [9.17, 15) is 9.59 Å². The Kier molecular flexibility index (Phi) is 5.86. The Balaban J connectivity index is 1.67. The van der Waals surface area contributed by atoms with E-state index in [2.05, 4.69) is 0 Å². The molecule has 0 unspecified atom stereocenters. The van der Waals surface area contributed by atoms with Crippen LogP contribution in [0.3, 0.4) is 0 Å². The molecule has 2 fully saturated rings. The number of rotatable bonds is 5. The van der Waals surface area contributed by atoms with Gasteiger partial charge in [-0.15, -0.1) is 0 Å². The molecule has 0 spiro atoms. The van der Waals surface area contributed by atoms with Gasteiger partial charge < -0.3 is 10.0 Å². The molecule has 20 heavy (non-hydrogen) atoms. The highest BCUT2D eigenvalue weighted by molar-refractivity contribution is 5.78. The van der Waals surface area contributed by atoms with Crippen molar-refractivity contribution in [3.8, 4) is 0 Å². The fraction of sp³-hybridized carbons (Fsp3) is 0.875. The number of carbonyl (C=O) groups is 2. The number of aliphatic carboxylic acids is 1. The summed E-state index contributed by atoms with van der Waals surface area (Å²) in [5.41, 5.74) is 0. The second-order valence-corrected chi connectivity index (χ2v) is 6.41. The lowest BCUT2D eigenvalue weighted by Crippen LogP contribution is -2.42. The van der Waals surface area contributed by atoms with Crippen molar-refractivity contribution in [2.45, 2.75) is 64.2 Å². The van der Waals surface area contributed by atoms with Gasteiger partial charge in [-0.05, 0) is 31.6 Å². The molecule has 0 radical (unpaired) electrons. The highest BCUT2D eigenvalue weighted by atomic mass is 16.4. The van der Waals surface area contributed by atoms with Gasteiger partial charge in [0.15, 0.2) is 0 Å². The number of hydrogen-bond acceptors (Lipinski definition) is 2. The smallest absolute Gasteiger partial charge is 0.308 e. The summed E-state index contributed by atoms with van der Waals surface area (Å²) in [6, 6.07) is 0. The first-order chi connectivity index (χ1) is 9.66. The summed E-state index contributed by atoms with van der Waals surface area (Å²) in [7, 11) is 0. The summed E-state index contributed by atoms with van der Waals surface area (Å²) in [6.07, 6.45) is 11.0. The van der Waals surface area contributed by atoms with Crippen LogP contribution in [0.25, 0.3) is 0 Å². The lowest BCUT2D eigenvalue weighted by Gasteiger charge is -2.31. The van der Waals surface area contributed by atoms with Gasteiger partial charge in [0.25, 0.3) is 0 Å². The molecule has 1 heterocycles. The first kappa shape index (κ1) is 15.3. The summed E-state index contributed by atoms with van der Waals surface area (Å²) >= 11 is 0. The molecule has 2 rings (SSSR count). The van der Waals surface area contributed by atoms with Crippen LogP contribution in [0.4, 0.5) is 0 Å². The van der Waals surface area contributed by atoms with Crippen LogP contribution in [0.2, 0.25) is 0 Å². The van der Waals surface area contributed by atoms with Crippen molar-refractivity contribution >= 4 is 11.9 Å². The number of carboxylic acid groups (broad SMARTS) is 1. The van der Waals surface area contributed by atoms with Crippen molar-refractivity contribution in [2.75, 3.05) is 13.1 Å². The molecule has 0 bridgehead atoms. The summed E-state index contributed by atoms with van der Waals surface area (Å²) in [4.78, 5) is 24.9. The Morgan fingerprint density at radius 3 is 2.50 bits per heavy atom. The van der Waals surface area contributed by atoms with Crippen LogP contribution in [0.5, 0.6) is 0 Å². The third-order valence-electron chi connectivity index (χ3n) is 4.85. The van der Waals surface area contributed by atoms with Gasteiger partial charge in [-0.25, -0.2) is 0 Å². The summed E-state index contributed by atoms with van der Waals surface area (Å²) in [5, 5.41) is 9.05. The van der Waals surface area contributed by atoms with E-state index in [1.54, 1.807) is 4.90 Å². The van der Waals surface area contributed by atoms with E-state index in [1.165, 1.54) is 38.5 Å². The molecule has 2 aliphatic rings. The van der Waals surface area contributed by atoms with Gasteiger partial charge in [-0.2, -0.15) is 0 Å². The van der Waals surface area contributed by atoms with Crippen molar-refractivity contribution < 1.29 is 14.7 Å². The highest BCUT2D eigenvalue weighted by Crippen LogP contribution is 2.28. The Morgan fingerprint density at radius 1 is 1.05 bits per heavy atom. The van der Waals surface area contributed by atoms with Crippen LogP contribution < -0.4 is 0 Å². The Labute approximate surface area is 121 Å². The lowest BCUT2D eigenvalue weighted by atomic mass is 9.86. The standard InChI is InChI=1S/C16H27NO3/c18-15(10-4-8-13-6-2-1-3-7-13)17-11-5-9-14(12-17)16(19)20/h13-14H,1-12H2,(H,19,20)/t14-/m0/s1. The van der Waals surface area contributed by atoms with Gasteiger partial charge in [0, 0.05) is 19.5 Å². The van der Waals surface area contributed by atoms with E-state index in [0.29, 0.717) is 19.4 Å². The number of likely N-dealkylation sites (tertiary alicyclic amines) is 1. The minimum atomic E-state index is -0.760. The number of amides is 1. The van der Waals surface area contributed by atoms with E-state index in [1.807, 2.05) is 0 Å². The minimum Gasteiger partial charge on any atom is -0.481 e. The first-order valence-electron chi connectivity index (χ1n) is 8.17. The SMILES string of the molecule is O=C(O)[C@H]1CCCN(C(=O)CCCC2CCCCC2)C1. The van der Waals surface area contributed by atoms with Gasteiger partial charge >= 0.3 is 5.97 Å². The third-order valence-corrected chi connectivity index (χ3v) is 4.85. The molecule has 1 atom stereocenters. The molecular weight excluding hydrogens is 254 g/mol. The second-order valence-electron chi connectivity index (χ2n) is 6.41. The van der Waals surface area contributed by atoms with Crippen LogP contribution in [0.15, 0.2) is 0 Å². The summed E-state index contributed by atoms with van der Waals surface area (Å²) in [6.45, 7) is 1.16. The monoisotopic (exact) mass is 281 g/mol.